The second-order valence-corrected chi connectivity index (χ2v) is 3.96. The van der Waals surface area contributed by atoms with Gasteiger partial charge in [0.05, 0.1) is 0 Å². The van der Waals surface area contributed by atoms with Crippen molar-refractivity contribution in [2.45, 2.75) is 32.7 Å². The fourth-order valence-corrected chi connectivity index (χ4v) is 1.45. The lowest BCUT2D eigenvalue weighted by molar-refractivity contribution is -0.130. The number of hydrogen-bond donors (Lipinski definition) is 1. The molecule has 0 aliphatic rings. The van der Waals surface area contributed by atoms with Gasteiger partial charge in [0.2, 0.25) is 5.91 Å². The molecule has 5 nitrogen and oxygen atoms in total. The number of carbonyl (C=O) groups is 1. The molecule has 1 rings (SSSR count). The molecule has 2 N–H and O–H groups in total. The van der Waals surface area contributed by atoms with Crippen molar-refractivity contribution in [2.24, 2.45) is 0 Å². The first-order valence-corrected chi connectivity index (χ1v) is 5.66. The van der Waals surface area contributed by atoms with Crippen LogP contribution in [0.25, 0.3) is 0 Å². The largest absolute Gasteiger partial charge is 0.382 e. The normalized spacial score (nSPS) is 10.4. The highest BCUT2D eigenvalue weighted by Gasteiger charge is 2.09. The summed E-state index contributed by atoms with van der Waals surface area (Å²) in [6, 6.07) is 1.68. The zero-order valence-corrected chi connectivity index (χ0v) is 10.0. The molecule has 0 aliphatic carbocycles. The fraction of sp³-hybridized carbons (Fsp3) is 0.636. The van der Waals surface area contributed by atoms with Gasteiger partial charge in [-0.1, -0.05) is 19.8 Å². The molecule has 0 atom stereocenters. The van der Waals surface area contributed by atoms with E-state index in [-0.39, 0.29) is 12.5 Å². The van der Waals surface area contributed by atoms with Gasteiger partial charge in [-0.3, -0.25) is 9.48 Å². The molecule has 90 valence electrons. The quantitative estimate of drug-likeness (QED) is 0.736. The number of nitrogen functional groups attached to an aromatic ring is 1. The Morgan fingerprint density at radius 3 is 2.88 bits per heavy atom. The van der Waals surface area contributed by atoms with Crippen LogP contribution in [-0.4, -0.2) is 34.2 Å². The number of nitrogens with two attached hydrogens (primary N) is 1. The SMILES string of the molecule is CCCCCN(C)C(=O)Cn1ccc(N)n1. The van der Waals surface area contributed by atoms with Crippen molar-refractivity contribution in [1.82, 2.24) is 14.7 Å². The van der Waals surface area contributed by atoms with Crippen LogP contribution in [-0.2, 0) is 11.3 Å². The molecule has 0 unspecified atom stereocenters. The third-order valence-electron chi connectivity index (χ3n) is 2.48. The van der Waals surface area contributed by atoms with E-state index in [4.69, 9.17) is 5.73 Å². The first-order chi connectivity index (χ1) is 7.63. The average Bonchev–Trinajstić information content (AvgIpc) is 2.64. The van der Waals surface area contributed by atoms with Gasteiger partial charge < -0.3 is 10.6 Å². The van der Waals surface area contributed by atoms with Gasteiger partial charge >= 0.3 is 0 Å². The Morgan fingerprint density at radius 2 is 2.31 bits per heavy atom. The number of carbonyl (C=O) groups excluding carboxylic acids is 1. The maximum Gasteiger partial charge on any atom is 0.244 e. The Morgan fingerprint density at radius 1 is 1.56 bits per heavy atom. The van der Waals surface area contributed by atoms with Crippen LogP contribution < -0.4 is 5.73 Å². The third-order valence-corrected chi connectivity index (χ3v) is 2.48. The van der Waals surface area contributed by atoms with E-state index in [2.05, 4.69) is 12.0 Å². The topological polar surface area (TPSA) is 64.2 Å². The van der Waals surface area contributed by atoms with Crippen molar-refractivity contribution < 1.29 is 4.79 Å². The van der Waals surface area contributed by atoms with E-state index in [1.165, 1.54) is 0 Å². The Hall–Kier alpha value is -1.52. The number of nitrogens with zero attached hydrogens (tertiary/aromatic N) is 3. The Bertz CT molecular complexity index is 334. The van der Waals surface area contributed by atoms with Gasteiger partial charge in [0.1, 0.15) is 12.4 Å². The molecular weight excluding hydrogens is 204 g/mol. The second kappa shape index (κ2) is 6.15. The molecule has 0 radical (unpaired) electrons. The lowest BCUT2D eigenvalue weighted by Crippen LogP contribution is -2.31. The smallest absolute Gasteiger partial charge is 0.244 e. The molecule has 0 spiro atoms. The summed E-state index contributed by atoms with van der Waals surface area (Å²) < 4.78 is 1.56. The van der Waals surface area contributed by atoms with Gasteiger partial charge in [0.15, 0.2) is 0 Å². The number of rotatable bonds is 6. The lowest BCUT2D eigenvalue weighted by Gasteiger charge is -2.16. The van der Waals surface area contributed by atoms with Crippen LogP contribution in [0.1, 0.15) is 26.2 Å². The number of likely N-dealkylation sites (N-methyl/N-ethyl adjacent to an activating group) is 1. The predicted octanol–water partition coefficient (Wildman–Crippen LogP) is 1.11. The van der Waals surface area contributed by atoms with Gasteiger partial charge in [0.25, 0.3) is 0 Å². The summed E-state index contributed by atoms with van der Waals surface area (Å²) >= 11 is 0. The van der Waals surface area contributed by atoms with Crippen molar-refractivity contribution in [2.75, 3.05) is 19.3 Å². The number of anilines is 1. The summed E-state index contributed by atoms with van der Waals surface area (Å²) in [5.41, 5.74) is 5.47. The number of unbranched alkanes of at least 4 members (excludes halogenated alkanes) is 2. The summed E-state index contributed by atoms with van der Waals surface area (Å²) in [5.74, 6) is 0.514. The minimum Gasteiger partial charge on any atom is -0.382 e. The van der Waals surface area contributed by atoms with Crippen LogP contribution in [0.2, 0.25) is 0 Å². The summed E-state index contributed by atoms with van der Waals surface area (Å²) in [4.78, 5) is 13.5. The molecule has 1 aromatic rings. The van der Waals surface area contributed by atoms with E-state index in [1.54, 1.807) is 21.8 Å². The Balaban J connectivity index is 2.34. The molecular formula is C11H20N4O. The molecule has 1 amide bonds. The minimum absolute atomic E-state index is 0.0687. The van der Waals surface area contributed by atoms with Crippen molar-refractivity contribution in [3.05, 3.63) is 12.3 Å². The van der Waals surface area contributed by atoms with Crippen molar-refractivity contribution >= 4 is 11.7 Å². The van der Waals surface area contributed by atoms with Crippen LogP contribution in [0.3, 0.4) is 0 Å². The number of hydrogen-bond acceptors (Lipinski definition) is 3. The maximum atomic E-state index is 11.7. The highest BCUT2D eigenvalue weighted by molar-refractivity contribution is 5.75. The van der Waals surface area contributed by atoms with Crippen LogP contribution in [0.5, 0.6) is 0 Å². The maximum absolute atomic E-state index is 11.7. The molecule has 1 heterocycles. The monoisotopic (exact) mass is 224 g/mol. The van der Waals surface area contributed by atoms with Crippen LogP contribution in [0, 0.1) is 0 Å². The van der Waals surface area contributed by atoms with Crippen molar-refractivity contribution in [1.29, 1.82) is 0 Å². The number of aromatic nitrogens is 2. The molecule has 16 heavy (non-hydrogen) atoms. The molecule has 5 heteroatoms. The minimum atomic E-state index is 0.0687. The Labute approximate surface area is 96.2 Å². The zero-order chi connectivity index (χ0) is 12.0. The Kier molecular flexibility index (Phi) is 4.82. The van der Waals surface area contributed by atoms with E-state index < -0.39 is 0 Å². The summed E-state index contributed by atoms with van der Waals surface area (Å²) in [6.45, 7) is 3.22. The summed E-state index contributed by atoms with van der Waals surface area (Å²) in [6.07, 6.45) is 5.09. The fourth-order valence-electron chi connectivity index (χ4n) is 1.45. The van der Waals surface area contributed by atoms with E-state index >= 15 is 0 Å². The molecule has 0 bridgehead atoms. The second-order valence-electron chi connectivity index (χ2n) is 3.96. The third kappa shape index (κ3) is 3.92. The van der Waals surface area contributed by atoms with Crippen LogP contribution in [0.15, 0.2) is 12.3 Å². The molecule has 0 saturated carbocycles. The van der Waals surface area contributed by atoms with E-state index in [1.807, 2.05) is 7.05 Å². The van der Waals surface area contributed by atoms with Gasteiger partial charge in [0, 0.05) is 19.8 Å². The van der Waals surface area contributed by atoms with E-state index in [0.717, 1.165) is 25.8 Å². The van der Waals surface area contributed by atoms with Crippen LogP contribution in [0.4, 0.5) is 5.82 Å². The molecule has 1 aromatic heterocycles. The first kappa shape index (κ1) is 12.5. The zero-order valence-electron chi connectivity index (χ0n) is 10.0. The van der Waals surface area contributed by atoms with Crippen molar-refractivity contribution in [3.63, 3.8) is 0 Å². The van der Waals surface area contributed by atoms with Gasteiger partial charge in [-0.25, -0.2) is 0 Å². The predicted molar refractivity (Wildman–Crippen MR) is 63.8 cm³/mol. The van der Waals surface area contributed by atoms with E-state index in [9.17, 15) is 4.79 Å². The lowest BCUT2D eigenvalue weighted by atomic mass is 10.2. The molecule has 0 fully saturated rings. The highest BCUT2D eigenvalue weighted by atomic mass is 16.2. The molecule has 0 saturated heterocycles. The summed E-state index contributed by atoms with van der Waals surface area (Å²) in [5, 5.41) is 3.98. The summed E-state index contributed by atoms with van der Waals surface area (Å²) in [7, 11) is 1.82. The first-order valence-electron chi connectivity index (χ1n) is 5.66. The number of amides is 1. The standard InChI is InChI=1S/C11H20N4O/c1-3-4-5-7-14(2)11(16)9-15-8-6-10(12)13-15/h6,8H,3-5,7,9H2,1-2H3,(H2,12,13). The molecule has 0 aliphatic heterocycles. The van der Waals surface area contributed by atoms with E-state index in [0.29, 0.717) is 5.82 Å². The van der Waals surface area contributed by atoms with Gasteiger partial charge in [-0.05, 0) is 12.5 Å². The van der Waals surface area contributed by atoms with Gasteiger partial charge in [-0.2, -0.15) is 5.10 Å². The van der Waals surface area contributed by atoms with Gasteiger partial charge in [-0.15, -0.1) is 0 Å². The van der Waals surface area contributed by atoms with Crippen LogP contribution >= 0.6 is 0 Å². The molecule has 0 aromatic carbocycles. The average molecular weight is 224 g/mol. The van der Waals surface area contributed by atoms with Crippen molar-refractivity contribution in [3.8, 4) is 0 Å². The highest BCUT2D eigenvalue weighted by Crippen LogP contribution is 2.00.